The van der Waals surface area contributed by atoms with Gasteiger partial charge < -0.3 is 19.6 Å². The smallest absolute Gasteiger partial charge is 0.308 e. The van der Waals surface area contributed by atoms with Crippen LogP contribution in [0.2, 0.25) is 0 Å². The molecule has 5 nitrogen and oxygen atoms in total. The highest BCUT2D eigenvalue weighted by Gasteiger charge is 2.41. The molecule has 2 aromatic carbocycles. The first kappa shape index (κ1) is 23.0. The highest BCUT2D eigenvalue weighted by atomic mass is 16.5. The van der Waals surface area contributed by atoms with E-state index in [1.165, 1.54) is 27.5 Å². The molecule has 0 aliphatic carbocycles. The predicted molar refractivity (Wildman–Crippen MR) is 134 cm³/mol. The molecule has 2 aliphatic heterocycles. The van der Waals surface area contributed by atoms with E-state index in [0.29, 0.717) is 6.42 Å². The summed E-state index contributed by atoms with van der Waals surface area (Å²) >= 11 is 0. The van der Waals surface area contributed by atoms with Gasteiger partial charge in [-0.1, -0.05) is 52.0 Å². The Balaban J connectivity index is 1.78. The van der Waals surface area contributed by atoms with Gasteiger partial charge in [0.05, 0.1) is 18.2 Å². The van der Waals surface area contributed by atoms with Crippen molar-refractivity contribution >= 4 is 16.7 Å². The summed E-state index contributed by atoms with van der Waals surface area (Å²) in [6.45, 7) is 13.0. The van der Waals surface area contributed by atoms with Crippen LogP contribution in [-0.2, 0) is 21.4 Å². The number of nitrogens with one attached hydrogen (secondary N) is 1. The van der Waals surface area contributed by atoms with E-state index in [1.807, 2.05) is 0 Å². The summed E-state index contributed by atoms with van der Waals surface area (Å²) in [5, 5.41) is 12.7. The van der Waals surface area contributed by atoms with Crippen LogP contribution in [0.5, 0.6) is 5.75 Å². The first-order valence-electron chi connectivity index (χ1n) is 12.3. The van der Waals surface area contributed by atoms with Crippen LogP contribution < -0.4 is 4.74 Å². The number of aromatic amines is 1. The number of hydrogen-bond donors (Lipinski definition) is 2. The van der Waals surface area contributed by atoms with Crippen LogP contribution in [0, 0.1) is 0 Å². The Morgan fingerprint density at radius 1 is 1.21 bits per heavy atom. The molecule has 3 atom stereocenters. The number of aliphatic hydroxyl groups is 1. The average molecular weight is 462 g/mol. The molecule has 1 aromatic heterocycles. The minimum absolute atomic E-state index is 0.0610. The van der Waals surface area contributed by atoms with E-state index < -0.39 is 12.2 Å². The lowest BCUT2D eigenvalue weighted by molar-refractivity contribution is -0.161. The molecule has 1 saturated heterocycles. The zero-order chi connectivity index (χ0) is 24.4. The zero-order valence-corrected chi connectivity index (χ0v) is 21.0. The third-order valence-corrected chi connectivity index (χ3v) is 7.21. The van der Waals surface area contributed by atoms with E-state index in [0.717, 1.165) is 23.4 Å². The van der Waals surface area contributed by atoms with Gasteiger partial charge in [-0.05, 0) is 41.8 Å². The van der Waals surface area contributed by atoms with Gasteiger partial charge in [-0.2, -0.15) is 0 Å². The molecule has 0 amide bonds. The van der Waals surface area contributed by atoms with Gasteiger partial charge in [-0.3, -0.25) is 4.79 Å². The molecule has 2 aliphatic rings. The summed E-state index contributed by atoms with van der Waals surface area (Å²) < 4.78 is 12.4. The number of carbonyl (C=O) groups excluding carboxylic acids is 1. The third-order valence-electron chi connectivity index (χ3n) is 7.21. The monoisotopic (exact) mass is 461 g/mol. The molecular formula is C29H35NO4. The first-order chi connectivity index (χ1) is 15.9. The number of cyclic esters (lactones) is 1. The second kappa shape index (κ2) is 7.88. The lowest BCUT2D eigenvalue weighted by Crippen LogP contribution is -2.36. The maximum Gasteiger partial charge on any atom is 0.308 e. The normalized spacial score (nSPS) is 22.9. The highest BCUT2D eigenvalue weighted by molar-refractivity contribution is 5.97. The Hall–Kier alpha value is -2.79. The Morgan fingerprint density at radius 3 is 2.65 bits per heavy atom. The van der Waals surface area contributed by atoms with Gasteiger partial charge in [-0.25, -0.2) is 0 Å². The lowest BCUT2D eigenvalue weighted by atomic mass is 9.73. The summed E-state index contributed by atoms with van der Waals surface area (Å²) in [6.07, 6.45) is 2.30. The molecule has 5 heteroatoms. The van der Waals surface area contributed by atoms with Gasteiger partial charge >= 0.3 is 5.97 Å². The number of hydrogen-bond acceptors (Lipinski definition) is 4. The molecule has 0 saturated carbocycles. The minimum Gasteiger partial charge on any atom is -0.487 e. The van der Waals surface area contributed by atoms with Crippen molar-refractivity contribution in [2.24, 2.45) is 0 Å². The predicted octanol–water partition coefficient (Wildman–Crippen LogP) is 6.02. The molecular weight excluding hydrogens is 426 g/mol. The quantitative estimate of drug-likeness (QED) is 0.468. The van der Waals surface area contributed by atoms with Crippen molar-refractivity contribution in [2.45, 2.75) is 89.9 Å². The van der Waals surface area contributed by atoms with E-state index in [9.17, 15) is 9.90 Å². The van der Waals surface area contributed by atoms with Crippen LogP contribution in [-0.4, -0.2) is 33.9 Å². The number of carbonyl (C=O) groups is 1. The fourth-order valence-electron chi connectivity index (χ4n) is 5.81. The zero-order valence-electron chi connectivity index (χ0n) is 21.0. The molecule has 0 radical (unpaired) electrons. The third kappa shape index (κ3) is 3.90. The summed E-state index contributed by atoms with van der Waals surface area (Å²) in [6, 6.07) is 10.7. The fraction of sp³-hybridized carbons (Fsp3) is 0.483. The van der Waals surface area contributed by atoms with Crippen LogP contribution in [0.25, 0.3) is 22.0 Å². The van der Waals surface area contributed by atoms with Crippen molar-refractivity contribution in [3.05, 3.63) is 53.2 Å². The van der Waals surface area contributed by atoms with Gasteiger partial charge in [0.1, 0.15) is 17.5 Å². The van der Waals surface area contributed by atoms with E-state index in [4.69, 9.17) is 9.47 Å². The number of rotatable bonds is 3. The number of H-pyrrole nitrogens is 1. The van der Waals surface area contributed by atoms with Crippen molar-refractivity contribution in [1.82, 2.24) is 4.98 Å². The van der Waals surface area contributed by atoms with Crippen LogP contribution >= 0.6 is 0 Å². The number of esters is 1. The van der Waals surface area contributed by atoms with Crippen LogP contribution in [0.15, 0.2) is 36.5 Å². The minimum atomic E-state index is -0.673. The van der Waals surface area contributed by atoms with Crippen LogP contribution in [0.3, 0.4) is 0 Å². The molecule has 180 valence electrons. The highest BCUT2D eigenvalue weighted by Crippen LogP contribution is 2.51. The largest absolute Gasteiger partial charge is 0.487 e. The summed E-state index contributed by atoms with van der Waals surface area (Å²) in [7, 11) is 0. The molecule has 3 aromatic rings. The first-order valence-corrected chi connectivity index (χ1v) is 12.3. The molecule has 2 N–H and O–H groups in total. The second-order valence-electron chi connectivity index (χ2n) is 11.7. The Bertz CT molecular complexity index is 1260. The van der Waals surface area contributed by atoms with Crippen molar-refractivity contribution in [3.63, 3.8) is 0 Å². The van der Waals surface area contributed by atoms with Gasteiger partial charge in [0.25, 0.3) is 0 Å². The average Bonchev–Trinajstić information content (AvgIpc) is 3.29. The summed E-state index contributed by atoms with van der Waals surface area (Å²) in [5.41, 5.74) is 5.21. The molecule has 0 spiro atoms. The molecule has 34 heavy (non-hydrogen) atoms. The molecule has 0 bridgehead atoms. The Labute approximate surface area is 201 Å². The number of benzene rings is 2. The maximum atomic E-state index is 12.2. The van der Waals surface area contributed by atoms with Gasteiger partial charge in [0.15, 0.2) is 0 Å². The maximum absolute atomic E-state index is 12.2. The van der Waals surface area contributed by atoms with E-state index in [2.05, 4.69) is 83.1 Å². The van der Waals surface area contributed by atoms with Gasteiger partial charge in [0.2, 0.25) is 0 Å². The number of ether oxygens (including phenoxy) is 2. The summed E-state index contributed by atoms with van der Waals surface area (Å²) in [5.74, 6) is 0.451. The topological polar surface area (TPSA) is 71.5 Å². The molecule has 1 fully saturated rings. The summed E-state index contributed by atoms with van der Waals surface area (Å²) in [4.78, 5) is 15.8. The van der Waals surface area contributed by atoms with Crippen molar-refractivity contribution in [2.75, 3.05) is 0 Å². The number of fused-ring (bicyclic) bond motifs is 2. The van der Waals surface area contributed by atoms with E-state index in [1.54, 1.807) is 0 Å². The fourth-order valence-corrected chi connectivity index (χ4v) is 5.81. The second-order valence-corrected chi connectivity index (χ2v) is 11.7. The van der Waals surface area contributed by atoms with Crippen LogP contribution in [0.4, 0.5) is 0 Å². The lowest BCUT2D eigenvalue weighted by Gasteiger charge is -2.36. The Morgan fingerprint density at radius 2 is 1.94 bits per heavy atom. The standard InChI is InChI=1S/C29H35NO4/c1-16(22-12-19(31)13-23(32)33-22)24-25(28(2,3)4)21(11-18-14-29(5,6)34-27(18)24)26-20-10-8-7-9-17(20)15-30-26/h7-11,15-16,19,22,30-31H,12-14H2,1-6H3/t16?,19-,22+/m1/s1. The Kier molecular flexibility index (Phi) is 5.32. The van der Waals surface area contributed by atoms with Gasteiger partial charge in [-0.15, -0.1) is 0 Å². The molecule has 5 rings (SSSR count). The van der Waals surface area contributed by atoms with Crippen molar-refractivity contribution in [3.8, 4) is 17.0 Å². The molecule has 3 heterocycles. The SMILES string of the molecule is CC(c1c2c(cc(-c3[nH]cc4ccccc34)c1C(C)(C)C)CC(C)(C)O2)[C@@H]1C[C@@H](O)CC(=O)O1. The van der Waals surface area contributed by atoms with Gasteiger partial charge in [0, 0.05) is 41.5 Å². The molecule has 1 unspecified atom stereocenters. The van der Waals surface area contributed by atoms with Crippen LogP contribution in [0.1, 0.15) is 77.0 Å². The van der Waals surface area contributed by atoms with Crippen molar-refractivity contribution < 1.29 is 19.4 Å². The van der Waals surface area contributed by atoms with Crippen molar-refractivity contribution in [1.29, 1.82) is 0 Å². The van der Waals surface area contributed by atoms with E-state index in [-0.39, 0.29) is 29.3 Å². The number of aliphatic hydroxyl groups excluding tert-OH is 1. The number of aromatic nitrogens is 1. The van der Waals surface area contributed by atoms with E-state index >= 15 is 0 Å².